The molecule has 1 aromatic heterocycles. The maximum Gasteiger partial charge on any atom is 0.262 e. The van der Waals surface area contributed by atoms with Gasteiger partial charge >= 0.3 is 0 Å². The molecule has 32 heavy (non-hydrogen) atoms. The molecule has 0 aliphatic heterocycles. The fraction of sp³-hybridized carbons (Fsp3) is 0.391. The van der Waals surface area contributed by atoms with Crippen LogP contribution in [0.3, 0.4) is 0 Å². The maximum absolute atomic E-state index is 13.1. The van der Waals surface area contributed by atoms with E-state index in [-0.39, 0.29) is 10.9 Å². The predicted octanol–water partition coefficient (Wildman–Crippen LogP) is 5.80. The second kappa shape index (κ2) is 10.3. The number of anilines is 1. The van der Waals surface area contributed by atoms with E-state index in [9.17, 15) is 8.42 Å². The molecule has 2 N–H and O–H groups in total. The van der Waals surface area contributed by atoms with Gasteiger partial charge in [-0.1, -0.05) is 51.0 Å². The van der Waals surface area contributed by atoms with Crippen LogP contribution in [0.4, 0.5) is 5.69 Å². The van der Waals surface area contributed by atoms with Crippen molar-refractivity contribution in [3.63, 3.8) is 0 Å². The van der Waals surface area contributed by atoms with E-state index in [1.165, 1.54) is 7.11 Å². The molecule has 1 atom stereocenters. The second-order valence-corrected chi connectivity index (χ2v) is 10.3. The highest BCUT2D eigenvalue weighted by Crippen LogP contribution is 2.29. The van der Waals surface area contributed by atoms with Gasteiger partial charge in [-0.25, -0.2) is 8.42 Å². The minimum absolute atomic E-state index is 0.133. The van der Waals surface area contributed by atoms with Gasteiger partial charge in [-0.05, 0) is 55.7 Å². The van der Waals surface area contributed by atoms with Crippen molar-refractivity contribution in [3.05, 3.63) is 53.3 Å². The number of para-hydroxylation sites is 2. The fourth-order valence-corrected chi connectivity index (χ4v) is 5.03. The molecule has 9 heteroatoms. The summed E-state index contributed by atoms with van der Waals surface area (Å²) in [5.41, 5.74) is 1.05. The highest BCUT2D eigenvalue weighted by atomic mass is 32.2. The number of nitrogens with one attached hydrogen (secondary N) is 2. The molecule has 2 aromatic carbocycles. The van der Waals surface area contributed by atoms with E-state index in [1.54, 1.807) is 42.5 Å². The van der Waals surface area contributed by atoms with E-state index in [0.717, 1.165) is 19.3 Å². The van der Waals surface area contributed by atoms with Gasteiger partial charge in [0.1, 0.15) is 5.75 Å². The van der Waals surface area contributed by atoms with Gasteiger partial charge in [0.25, 0.3) is 10.0 Å². The highest BCUT2D eigenvalue weighted by molar-refractivity contribution is 7.92. The third-order valence-corrected chi connectivity index (χ3v) is 6.95. The molecular weight excluding hydrogens is 444 g/mol. The van der Waals surface area contributed by atoms with Crippen molar-refractivity contribution in [1.29, 1.82) is 0 Å². The molecule has 0 amide bonds. The molecule has 0 radical (unpaired) electrons. The van der Waals surface area contributed by atoms with Crippen molar-refractivity contribution in [3.8, 4) is 17.1 Å². The van der Waals surface area contributed by atoms with Crippen LogP contribution in [0.1, 0.15) is 46.1 Å². The Labute approximate surface area is 194 Å². The average Bonchev–Trinajstić information content (AvgIpc) is 3.15. The molecule has 3 rings (SSSR count). The van der Waals surface area contributed by atoms with Crippen molar-refractivity contribution < 1.29 is 13.2 Å². The molecule has 7 nitrogen and oxygen atoms in total. The summed E-state index contributed by atoms with van der Waals surface area (Å²) in [5.74, 6) is 1.72. The Balaban J connectivity index is 1.90. The van der Waals surface area contributed by atoms with Crippen LogP contribution in [-0.4, -0.2) is 30.3 Å². The summed E-state index contributed by atoms with van der Waals surface area (Å²) >= 11 is 5.47. The lowest BCUT2D eigenvalue weighted by atomic mass is 10.0. The SMILES string of the molecule is COc1ccccc1NS(=O)(=O)c1cccc(-c2n[nH]c(=S)n2C(C)CCCC(C)C)c1. The lowest BCUT2D eigenvalue weighted by molar-refractivity contribution is 0.417. The van der Waals surface area contributed by atoms with Gasteiger partial charge < -0.3 is 4.74 Å². The summed E-state index contributed by atoms with van der Waals surface area (Å²) in [6.45, 7) is 6.54. The zero-order valence-corrected chi connectivity index (χ0v) is 20.5. The van der Waals surface area contributed by atoms with Crippen molar-refractivity contribution in [2.45, 2.75) is 51.0 Å². The average molecular weight is 475 g/mol. The first-order chi connectivity index (χ1) is 15.2. The molecule has 1 unspecified atom stereocenters. The van der Waals surface area contributed by atoms with Gasteiger partial charge in [0.15, 0.2) is 10.6 Å². The zero-order valence-electron chi connectivity index (χ0n) is 18.8. The normalized spacial score (nSPS) is 12.7. The number of hydrogen-bond acceptors (Lipinski definition) is 5. The van der Waals surface area contributed by atoms with E-state index < -0.39 is 10.0 Å². The number of aromatic nitrogens is 3. The summed E-state index contributed by atoms with van der Waals surface area (Å²) in [4.78, 5) is 0.133. The smallest absolute Gasteiger partial charge is 0.262 e. The van der Waals surface area contributed by atoms with Gasteiger partial charge in [0, 0.05) is 11.6 Å². The Morgan fingerprint density at radius 3 is 2.59 bits per heavy atom. The molecule has 0 saturated heterocycles. The fourth-order valence-electron chi connectivity index (χ4n) is 3.60. The minimum Gasteiger partial charge on any atom is -0.495 e. The molecule has 0 saturated carbocycles. The number of sulfonamides is 1. The summed E-state index contributed by atoms with van der Waals surface area (Å²) < 4.78 is 36.5. The minimum atomic E-state index is -3.83. The number of hydrogen-bond donors (Lipinski definition) is 2. The second-order valence-electron chi connectivity index (χ2n) is 8.23. The van der Waals surface area contributed by atoms with Gasteiger partial charge in [-0.15, -0.1) is 0 Å². The molecular formula is C23H30N4O3S2. The predicted molar refractivity (Wildman–Crippen MR) is 130 cm³/mol. The van der Waals surface area contributed by atoms with E-state index in [4.69, 9.17) is 17.0 Å². The quantitative estimate of drug-likeness (QED) is 0.362. The van der Waals surface area contributed by atoms with Crippen LogP contribution < -0.4 is 9.46 Å². The summed E-state index contributed by atoms with van der Waals surface area (Å²) in [7, 11) is -2.33. The van der Waals surface area contributed by atoms with Crippen LogP contribution in [0.2, 0.25) is 0 Å². The number of H-pyrrole nitrogens is 1. The first-order valence-electron chi connectivity index (χ1n) is 10.7. The van der Waals surface area contributed by atoms with Gasteiger partial charge in [-0.2, -0.15) is 5.10 Å². The van der Waals surface area contributed by atoms with Crippen molar-refractivity contribution in [2.75, 3.05) is 11.8 Å². The third-order valence-electron chi connectivity index (χ3n) is 5.30. The first-order valence-corrected chi connectivity index (χ1v) is 12.5. The number of methoxy groups -OCH3 is 1. The number of ether oxygens (including phenoxy) is 1. The molecule has 0 bridgehead atoms. The van der Waals surface area contributed by atoms with Gasteiger partial charge in [-0.3, -0.25) is 14.4 Å². The number of rotatable bonds is 10. The molecule has 172 valence electrons. The lowest BCUT2D eigenvalue weighted by Gasteiger charge is -2.17. The van der Waals surface area contributed by atoms with Crippen molar-refractivity contribution >= 4 is 27.9 Å². The van der Waals surface area contributed by atoms with Crippen LogP contribution in [0.25, 0.3) is 11.4 Å². The van der Waals surface area contributed by atoms with Crippen molar-refractivity contribution in [1.82, 2.24) is 14.8 Å². The summed E-state index contributed by atoms with van der Waals surface area (Å²) in [6, 6.07) is 13.7. The topological polar surface area (TPSA) is 89.0 Å². The first kappa shape index (κ1) is 24.0. The number of nitrogens with zero attached hydrogens (tertiary/aromatic N) is 2. The number of benzene rings is 2. The van der Waals surface area contributed by atoms with E-state index >= 15 is 0 Å². The summed E-state index contributed by atoms with van der Waals surface area (Å²) in [5, 5.41) is 7.26. The zero-order chi connectivity index (χ0) is 23.3. The molecule has 0 fully saturated rings. The number of aromatic amines is 1. The Bertz CT molecular complexity index is 1220. The van der Waals surface area contributed by atoms with Crippen molar-refractivity contribution in [2.24, 2.45) is 5.92 Å². The lowest BCUT2D eigenvalue weighted by Crippen LogP contribution is -2.14. The van der Waals surface area contributed by atoms with E-state index in [0.29, 0.717) is 33.5 Å². The standard InChI is InChI=1S/C23H30N4O3S2/c1-16(2)9-7-10-17(3)27-22(24-25-23(27)31)18-11-8-12-19(15-18)32(28,29)26-20-13-5-6-14-21(20)30-4/h5-6,8,11-17,26H,7,9-10H2,1-4H3,(H,25,31). The maximum atomic E-state index is 13.1. The van der Waals surface area contributed by atoms with Crippen LogP contribution in [0, 0.1) is 10.7 Å². The van der Waals surface area contributed by atoms with Gasteiger partial charge in [0.05, 0.1) is 17.7 Å². The molecule has 0 spiro atoms. The molecule has 0 aliphatic carbocycles. The Kier molecular flexibility index (Phi) is 7.73. The third kappa shape index (κ3) is 5.58. The van der Waals surface area contributed by atoms with Crippen LogP contribution in [0.5, 0.6) is 5.75 Å². The molecule has 1 heterocycles. The highest BCUT2D eigenvalue weighted by Gasteiger charge is 2.20. The van der Waals surface area contributed by atoms with E-state index in [1.807, 2.05) is 10.6 Å². The summed E-state index contributed by atoms with van der Waals surface area (Å²) in [6.07, 6.45) is 3.20. The molecule has 0 aliphatic rings. The Morgan fingerprint density at radius 1 is 1.12 bits per heavy atom. The van der Waals surface area contributed by atoms with Crippen LogP contribution in [0.15, 0.2) is 53.4 Å². The molecule has 3 aromatic rings. The monoisotopic (exact) mass is 474 g/mol. The van der Waals surface area contributed by atoms with Crippen LogP contribution in [-0.2, 0) is 10.0 Å². The van der Waals surface area contributed by atoms with Crippen LogP contribution >= 0.6 is 12.2 Å². The van der Waals surface area contributed by atoms with E-state index in [2.05, 4.69) is 35.7 Å². The Hall–Kier alpha value is -2.65. The largest absolute Gasteiger partial charge is 0.495 e. The van der Waals surface area contributed by atoms with Gasteiger partial charge in [0.2, 0.25) is 0 Å². The Morgan fingerprint density at radius 2 is 1.88 bits per heavy atom.